The molecule has 0 saturated heterocycles. The van der Waals surface area contributed by atoms with E-state index >= 15 is 0 Å². The van der Waals surface area contributed by atoms with Crippen molar-refractivity contribution in [1.29, 1.82) is 0 Å². The number of aromatic hydroxyl groups is 1. The molecule has 17 heavy (non-hydrogen) atoms. The van der Waals surface area contributed by atoms with E-state index in [1.54, 1.807) is 24.3 Å². The quantitative estimate of drug-likeness (QED) is 0.761. The van der Waals surface area contributed by atoms with Crippen LogP contribution < -0.4 is 0 Å². The summed E-state index contributed by atoms with van der Waals surface area (Å²) < 4.78 is 0. The van der Waals surface area contributed by atoms with Gasteiger partial charge in [0.25, 0.3) is 0 Å². The molecule has 1 heteroatoms. The van der Waals surface area contributed by atoms with Gasteiger partial charge in [-0.25, -0.2) is 0 Å². The largest absolute Gasteiger partial charge is 0.508 e. The van der Waals surface area contributed by atoms with E-state index in [0.29, 0.717) is 11.7 Å². The average Bonchev–Trinajstić information content (AvgIpc) is 2.31. The first-order valence-electron chi connectivity index (χ1n) is 5.91. The first kappa shape index (κ1) is 13.3. The summed E-state index contributed by atoms with van der Waals surface area (Å²) in [5, 5.41) is 8.63. The predicted molar refractivity (Wildman–Crippen MR) is 73.4 cm³/mol. The van der Waals surface area contributed by atoms with Crippen molar-refractivity contribution in [2.45, 2.75) is 26.7 Å². The zero-order valence-electron chi connectivity index (χ0n) is 10.7. The van der Waals surface area contributed by atoms with Crippen LogP contribution in [0.15, 0.2) is 54.6 Å². The number of benzene rings is 2. The maximum Gasteiger partial charge on any atom is 0.115 e. The summed E-state index contributed by atoms with van der Waals surface area (Å²) in [5.74, 6) is 0.976. The second-order valence-electron chi connectivity index (χ2n) is 4.35. The van der Waals surface area contributed by atoms with Crippen molar-refractivity contribution in [3.63, 3.8) is 0 Å². The Kier molecular flexibility index (Phi) is 5.28. The molecule has 0 spiro atoms. The zero-order valence-corrected chi connectivity index (χ0v) is 10.7. The van der Waals surface area contributed by atoms with Gasteiger partial charge in [-0.2, -0.15) is 0 Å². The molecule has 0 fully saturated rings. The lowest BCUT2D eigenvalue weighted by Gasteiger charge is -2.07. The molecule has 0 aliphatic rings. The van der Waals surface area contributed by atoms with Crippen LogP contribution in [0, 0.1) is 6.92 Å². The number of phenols is 1. The topological polar surface area (TPSA) is 20.2 Å². The minimum atomic E-state index is 0.322. The van der Waals surface area contributed by atoms with Crippen LogP contribution >= 0.6 is 0 Å². The van der Waals surface area contributed by atoms with Crippen molar-refractivity contribution in [3.8, 4) is 5.75 Å². The highest BCUT2D eigenvalue weighted by molar-refractivity contribution is 5.27. The molecular formula is C16H20O. The van der Waals surface area contributed by atoms with E-state index in [1.807, 2.05) is 6.07 Å². The summed E-state index contributed by atoms with van der Waals surface area (Å²) in [7, 11) is 0. The van der Waals surface area contributed by atoms with E-state index < -0.39 is 0 Å². The van der Waals surface area contributed by atoms with Gasteiger partial charge in [-0.05, 0) is 36.1 Å². The van der Waals surface area contributed by atoms with Crippen LogP contribution in [0.4, 0.5) is 0 Å². The summed E-state index contributed by atoms with van der Waals surface area (Å²) in [6, 6.07) is 17.3. The summed E-state index contributed by atoms with van der Waals surface area (Å²) in [6.07, 6.45) is 0. The van der Waals surface area contributed by atoms with Crippen molar-refractivity contribution < 1.29 is 5.11 Å². The summed E-state index contributed by atoms with van der Waals surface area (Å²) in [4.78, 5) is 0. The normalized spacial score (nSPS) is 9.65. The van der Waals surface area contributed by atoms with Crippen LogP contribution in [0.1, 0.15) is 30.9 Å². The van der Waals surface area contributed by atoms with Crippen molar-refractivity contribution >= 4 is 0 Å². The molecule has 2 aromatic rings. The van der Waals surface area contributed by atoms with Crippen molar-refractivity contribution in [2.24, 2.45) is 0 Å². The molecule has 0 aromatic heterocycles. The van der Waals surface area contributed by atoms with Gasteiger partial charge in [0.2, 0.25) is 0 Å². The monoisotopic (exact) mass is 228 g/mol. The second-order valence-corrected chi connectivity index (χ2v) is 4.35. The van der Waals surface area contributed by atoms with E-state index in [4.69, 9.17) is 5.11 Å². The summed E-state index contributed by atoms with van der Waals surface area (Å²) >= 11 is 0. The Morgan fingerprint density at radius 2 is 1.35 bits per heavy atom. The highest BCUT2D eigenvalue weighted by atomic mass is 16.3. The molecule has 1 nitrogen and oxygen atoms in total. The maximum absolute atomic E-state index is 8.63. The van der Waals surface area contributed by atoms with Crippen LogP contribution in [-0.4, -0.2) is 5.11 Å². The average molecular weight is 228 g/mol. The van der Waals surface area contributed by atoms with Gasteiger partial charge in [-0.3, -0.25) is 0 Å². The van der Waals surface area contributed by atoms with Gasteiger partial charge in [-0.15, -0.1) is 0 Å². The number of hydrogen-bond donors (Lipinski definition) is 1. The van der Waals surface area contributed by atoms with E-state index in [1.165, 1.54) is 11.1 Å². The van der Waals surface area contributed by atoms with Crippen LogP contribution in [0.25, 0.3) is 0 Å². The number of aryl methyl sites for hydroxylation is 1. The van der Waals surface area contributed by atoms with Gasteiger partial charge in [0.1, 0.15) is 5.75 Å². The molecule has 0 unspecified atom stereocenters. The molecule has 1 N–H and O–H groups in total. The fourth-order valence-corrected chi connectivity index (χ4v) is 1.66. The van der Waals surface area contributed by atoms with Gasteiger partial charge < -0.3 is 5.11 Å². The van der Waals surface area contributed by atoms with Gasteiger partial charge >= 0.3 is 0 Å². The number of para-hydroxylation sites is 1. The maximum atomic E-state index is 8.63. The standard InChI is InChI=1S/C10H14.C6H6O/c1-8(2)10-7-5-4-6-9(10)3;7-6-4-2-1-3-5-6/h4-8H,1-3H3;1-5,7H. The minimum Gasteiger partial charge on any atom is -0.508 e. The van der Waals surface area contributed by atoms with Crippen LogP contribution in [-0.2, 0) is 0 Å². The third-order valence-electron chi connectivity index (χ3n) is 2.57. The lowest BCUT2D eigenvalue weighted by Crippen LogP contribution is -1.89. The molecule has 2 aromatic carbocycles. The van der Waals surface area contributed by atoms with Crippen LogP contribution in [0.5, 0.6) is 5.75 Å². The molecule has 0 aliphatic carbocycles. The van der Waals surface area contributed by atoms with Crippen LogP contribution in [0.2, 0.25) is 0 Å². The fraction of sp³-hybridized carbons (Fsp3) is 0.250. The molecular weight excluding hydrogens is 208 g/mol. The van der Waals surface area contributed by atoms with Gasteiger partial charge in [0, 0.05) is 0 Å². The third kappa shape index (κ3) is 4.73. The molecule has 0 aliphatic heterocycles. The van der Waals surface area contributed by atoms with E-state index in [-0.39, 0.29) is 0 Å². The molecule has 90 valence electrons. The Labute approximate surface area is 104 Å². The first-order valence-corrected chi connectivity index (χ1v) is 5.91. The predicted octanol–water partition coefficient (Wildman–Crippen LogP) is 4.51. The van der Waals surface area contributed by atoms with Crippen molar-refractivity contribution in [1.82, 2.24) is 0 Å². The smallest absolute Gasteiger partial charge is 0.115 e. The molecule has 0 amide bonds. The van der Waals surface area contributed by atoms with E-state index in [0.717, 1.165) is 0 Å². The van der Waals surface area contributed by atoms with Crippen LogP contribution in [0.3, 0.4) is 0 Å². The van der Waals surface area contributed by atoms with E-state index in [2.05, 4.69) is 45.0 Å². The fourth-order valence-electron chi connectivity index (χ4n) is 1.66. The molecule has 0 saturated carbocycles. The molecule has 0 heterocycles. The zero-order chi connectivity index (χ0) is 12.7. The molecule has 0 atom stereocenters. The second kappa shape index (κ2) is 6.74. The summed E-state index contributed by atoms with van der Waals surface area (Å²) in [5.41, 5.74) is 2.86. The highest BCUT2D eigenvalue weighted by Crippen LogP contribution is 2.17. The number of hydrogen-bond acceptors (Lipinski definition) is 1. The molecule has 2 rings (SSSR count). The Morgan fingerprint density at radius 3 is 1.71 bits per heavy atom. The number of phenolic OH excluding ortho intramolecular Hbond substituents is 1. The Morgan fingerprint density at radius 1 is 0.824 bits per heavy atom. The van der Waals surface area contributed by atoms with Gasteiger partial charge in [0.15, 0.2) is 0 Å². The third-order valence-corrected chi connectivity index (χ3v) is 2.57. The molecule has 0 bridgehead atoms. The SMILES string of the molecule is Cc1ccccc1C(C)C.Oc1ccccc1. The number of rotatable bonds is 1. The Balaban J connectivity index is 0.000000181. The van der Waals surface area contributed by atoms with Crippen molar-refractivity contribution in [2.75, 3.05) is 0 Å². The lowest BCUT2D eigenvalue weighted by atomic mass is 9.99. The molecule has 0 radical (unpaired) electrons. The first-order chi connectivity index (χ1) is 8.11. The van der Waals surface area contributed by atoms with Crippen molar-refractivity contribution in [3.05, 3.63) is 65.7 Å². The lowest BCUT2D eigenvalue weighted by molar-refractivity contribution is 0.475. The summed E-state index contributed by atoms with van der Waals surface area (Å²) in [6.45, 7) is 6.61. The van der Waals surface area contributed by atoms with E-state index in [9.17, 15) is 0 Å². The van der Waals surface area contributed by atoms with Gasteiger partial charge in [-0.1, -0.05) is 56.3 Å². The minimum absolute atomic E-state index is 0.322. The Bertz CT molecular complexity index is 432. The Hall–Kier alpha value is -1.76. The van der Waals surface area contributed by atoms with Gasteiger partial charge in [0.05, 0.1) is 0 Å². The highest BCUT2D eigenvalue weighted by Gasteiger charge is 1.99.